The summed E-state index contributed by atoms with van der Waals surface area (Å²) < 4.78 is 47.1. The quantitative estimate of drug-likeness (QED) is 0.525. The maximum atomic E-state index is 14.1. The molecule has 24 heavy (non-hydrogen) atoms. The van der Waals surface area contributed by atoms with Crippen LogP contribution in [0.4, 0.5) is 13.2 Å². The average Bonchev–Trinajstić information content (AvgIpc) is 2.91. The third-order valence-corrected chi connectivity index (χ3v) is 9.66. The Hall–Kier alpha value is -0.100. The molecule has 1 atom stereocenters. The molecule has 3 rings (SSSR count). The fourth-order valence-corrected chi connectivity index (χ4v) is 6.97. The molecule has 0 bridgehead atoms. The van der Waals surface area contributed by atoms with Crippen LogP contribution in [0.15, 0.2) is 30.3 Å². The zero-order chi connectivity index (χ0) is 18.2. The Balaban J connectivity index is 2.13. The van der Waals surface area contributed by atoms with Crippen LogP contribution in [0.3, 0.4) is 0 Å². The van der Waals surface area contributed by atoms with Crippen molar-refractivity contribution in [2.24, 2.45) is 10.8 Å². The summed E-state index contributed by atoms with van der Waals surface area (Å²) in [4.78, 5) is -1.13. The molecule has 1 aliphatic heterocycles. The van der Waals surface area contributed by atoms with Crippen molar-refractivity contribution >= 4 is 35.0 Å². The van der Waals surface area contributed by atoms with Crippen LogP contribution in [0.1, 0.15) is 33.3 Å². The van der Waals surface area contributed by atoms with E-state index in [0.717, 1.165) is 0 Å². The molecule has 1 spiro atoms. The predicted molar refractivity (Wildman–Crippen MR) is 92.4 cm³/mol. The van der Waals surface area contributed by atoms with Gasteiger partial charge in [0, 0.05) is 16.6 Å². The van der Waals surface area contributed by atoms with Gasteiger partial charge in [0.05, 0.1) is 0 Å². The number of ether oxygens (including phenoxy) is 1. The summed E-state index contributed by atoms with van der Waals surface area (Å²) in [6.45, 7) is 7.07. The fraction of sp³-hybridized carbons (Fsp3) is 0.647. The number of alkyl halides is 5. The third-order valence-electron chi connectivity index (χ3n) is 5.71. The second-order valence-electron chi connectivity index (χ2n) is 7.52. The van der Waals surface area contributed by atoms with E-state index in [9.17, 15) is 13.2 Å². The monoisotopic (exact) mass is 398 g/mol. The maximum Gasteiger partial charge on any atom is 0.422 e. The van der Waals surface area contributed by atoms with Crippen LogP contribution in [0, 0.1) is 10.8 Å². The van der Waals surface area contributed by atoms with Crippen molar-refractivity contribution in [1.82, 2.24) is 0 Å². The Labute approximate surface area is 154 Å². The van der Waals surface area contributed by atoms with Crippen LogP contribution in [-0.4, -0.2) is 21.2 Å². The van der Waals surface area contributed by atoms with E-state index >= 15 is 0 Å². The molecule has 2 fully saturated rings. The van der Waals surface area contributed by atoms with Crippen molar-refractivity contribution in [2.75, 3.05) is 5.75 Å². The van der Waals surface area contributed by atoms with Gasteiger partial charge in [-0.15, -0.1) is 35.0 Å². The number of thioether (sulfide) groups is 1. The Morgan fingerprint density at radius 3 is 1.96 bits per heavy atom. The third kappa shape index (κ3) is 1.85. The summed E-state index contributed by atoms with van der Waals surface area (Å²) in [5, 5.41) is 0. The summed E-state index contributed by atoms with van der Waals surface area (Å²) in [5.74, 6) is -0.225. The highest BCUT2D eigenvalue weighted by molar-refractivity contribution is 8.01. The van der Waals surface area contributed by atoms with E-state index < -0.39 is 31.9 Å². The van der Waals surface area contributed by atoms with Gasteiger partial charge in [-0.25, -0.2) is 0 Å². The highest BCUT2D eigenvalue weighted by Gasteiger charge is 2.86. The lowest BCUT2D eigenvalue weighted by atomic mass is 9.51. The van der Waals surface area contributed by atoms with E-state index in [1.807, 2.05) is 0 Å². The van der Waals surface area contributed by atoms with Crippen molar-refractivity contribution in [3.8, 4) is 0 Å². The molecule has 134 valence electrons. The molecule has 1 aliphatic carbocycles. The summed E-state index contributed by atoms with van der Waals surface area (Å²) in [5.41, 5.74) is -3.95. The smallest absolute Gasteiger partial charge is 0.341 e. The van der Waals surface area contributed by atoms with Gasteiger partial charge in [-0.1, -0.05) is 58.0 Å². The molecule has 1 heterocycles. The van der Waals surface area contributed by atoms with Crippen molar-refractivity contribution in [2.45, 2.75) is 48.7 Å². The Bertz CT molecular complexity index is 640. The Morgan fingerprint density at radius 2 is 1.50 bits per heavy atom. The fourth-order valence-electron chi connectivity index (χ4n) is 4.19. The Kier molecular flexibility index (Phi) is 3.89. The number of halogens is 5. The SMILES string of the molecule is CC1(C)C(Cl)(Cl)C(C)(C)C12OC(c1ccccc1)(C(F)(F)F)CS2. The highest BCUT2D eigenvalue weighted by Crippen LogP contribution is 2.81. The molecule has 1 saturated carbocycles. The van der Waals surface area contributed by atoms with Gasteiger partial charge in [-0.05, 0) is 5.56 Å². The molecule has 1 saturated heterocycles. The van der Waals surface area contributed by atoms with Crippen molar-refractivity contribution in [3.05, 3.63) is 35.9 Å². The minimum atomic E-state index is -4.55. The molecule has 2 aliphatic rings. The van der Waals surface area contributed by atoms with Gasteiger partial charge in [-0.3, -0.25) is 0 Å². The topological polar surface area (TPSA) is 9.23 Å². The molecule has 1 nitrogen and oxygen atoms in total. The average molecular weight is 399 g/mol. The van der Waals surface area contributed by atoms with Gasteiger partial charge in [0.2, 0.25) is 0 Å². The molecule has 0 radical (unpaired) electrons. The normalized spacial score (nSPS) is 32.5. The van der Waals surface area contributed by atoms with Gasteiger partial charge in [0.1, 0.15) is 9.27 Å². The predicted octanol–water partition coefficient (Wildman–Crippen LogP) is 6.14. The summed E-state index contributed by atoms with van der Waals surface area (Å²) >= 11 is 14.2. The van der Waals surface area contributed by atoms with E-state index in [-0.39, 0.29) is 11.3 Å². The van der Waals surface area contributed by atoms with Gasteiger partial charge in [0.25, 0.3) is 0 Å². The summed E-state index contributed by atoms with van der Waals surface area (Å²) in [7, 11) is 0. The van der Waals surface area contributed by atoms with Crippen LogP contribution in [0.2, 0.25) is 0 Å². The molecule has 0 amide bonds. The molecular formula is C17H19Cl2F3OS. The van der Waals surface area contributed by atoms with E-state index in [0.29, 0.717) is 0 Å². The number of hydrogen-bond acceptors (Lipinski definition) is 2. The number of benzene rings is 1. The lowest BCUT2D eigenvalue weighted by Gasteiger charge is -2.71. The summed E-state index contributed by atoms with van der Waals surface area (Å²) in [6.07, 6.45) is -4.55. The first-order valence-electron chi connectivity index (χ1n) is 7.61. The minimum Gasteiger partial charge on any atom is -0.341 e. The zero-order valence-electron chi connectivity index (χ0n) is 13.8. The number of rotatable bonds is 1. The van der Waals surface area contributed by atoms with E-state index in [1.165, 1.54) is 23.9 Å². The van der Waals surface area contributed by atoms with Gasteiger partial charge >= 0.3 is 6.18 Å². The first-order chi connectivity index (χ1) is 10.8. The van der Waals surface area contributed by atoms with E-state index in [4.69, 9.17) is 27.9 Å². The lowest BCUT2D eigenvalue weighted by molar-refractivity contribution is -0.338. The van der Waals surface area contributed by atoms with E-state index in [2.05, 4.69) is 0 Å². The lowest BCUT2D eigenvalue weighted by Crippen LogP contribution is -2.78. The van der Waals surface area contributed by atoms with Gasteiger partial charge in [0.15, 0.2) is 5.60 Å². The van der Waals surface area contributed by atoms with Gasteiger partial charge < -0.3 is 4.74 Å². The highest BCUT2D eigenvalue weighted by atomic mass is 35.5. The van der Waals surface area contributed by atoms with Gasteiger partial charge in [-0.2, -0.15) is 13.2 Å². The first kappa shape index (κ1) is 18.7. The standard InChI is InChI=1S/C17H19Cl2F3OS/c1-12(2)15(18,19)13(3,4)16(12)23-14(10-24-16,17(20,21)22)11-8-6-5-7-9-11/h5-9H,10H2,1-4H3. The maximum absolute atomic E-state index is 14.1. The molecule has 7 heteroatoms. The summed E-state index contributed by atoms with van der Waals surface area (Å²) in [6, 6.07) is 7.78. The van der Waals surface area contributed by atoms with Crippen molar-refractivity contribution in [3.63, 3.8) is 0 Å². The van der Waals surface area contributed by atoms with Crippen LogP contribution in [0.25, 0.3) is 0 Å². The molecule has 1 unspecified atom stereocenters. The minimum absolute atomic E-state index is 0.107. The van der Waals surface area contributed by atoms with Crippen LogP contribution in [-0.2, 0) is 10.3 Å². The van der Waals surface area contributed by atoms with Crippen molar-refractivity contribution < 1.29 is 17.9 Å². The van der Waals surface area contributed by atoms with Crippen LogP contribution in [0.5, 0.6) is 0 Å². The Morgan fingerprint density at radius 1 is 1.00 bits per heavy atom. The zero-order valence-corrected chi connectivity index (χ0v) is 16.1. The molecule has 0 aromatic heterocycles. The molecular weight excluding hydrogens is 380 g/mol. The molecule has 1 aromatic carbocycles. The largest absolute Gasteiger partial charge is 0.422 e. The van der Waals surface area contributed by atoms with Crippen molar-refractivity contribution in [1.29, 1.82) is 0 Å². The van der Waals surface area contributed by atoms with E-state index in [1.54, 1.807) is 45.9 Å². The number of hydrogen-bond donors (Lipinski definition) is 0. The molecule has 1 aromatic rings. The van der Waals surface area contributed by atoms with Crippen LogP contribution >= 0.6 is 35.0 Å². The molecule has 0 N–H and O–H groups in total. The van der Waals surface area contributed by atoms with Crippen LogP contribution < -0.4 is 0 Å². The first-order valence-corrected chi connectivity index (χ1v) is 9.35. The second kappa shape index (κ2) is 4.99. The second-order valence-corrected chi connectivity index (χ2v) is 10.0.